The molecule has 18 heavy (non-hydrogen) atoms. The highest BCUT2D eigenvalue weighted by Crippen LogP contribution is 2.31. The van der Waals surface area contributed by atoms with E-state index in [1.165, 1.54) is 51.6 Å². The van der Waals surface area contributed by atoms with Crippen LogP contribution in [0.25, 0.3) is 0 Å². The van der Waals surface area contributed by atoms with E-state index in [4.69, 9.17) is 5.84 Å². The first-order valence-corrected chi connectivity index (χ1v) is 7.83. The molecule has 0 aliphatic carbocycles. The van der Waals surface area contributed by atoms with E-state index >= 15 is 0 Å². The summed E-state index contributed by atoms with van der Waals surface area (Å²) in [6.45, 7) is 11.8. The zero-order chi connectivity index (χ0) is 13.6. The van der Waals surface area contributed by atoms with Gasteiger partial charge in [-0.2, -0.15) is 0 Å². The summed E-state index contributed by atoms with van der Waals surface area (Å²) in [4.78, 5) is 2.65. The van der Waals surface area contributed by atoms with Crippen molar-refractivity contribution in [2.75, 3.05) is 13.1 Å². The molecule has 0 aromatic rings. The quantitative estimate of drug-likeness (QED) is 0.517. The Labute approximate surface area is 113 Å². The van der Waals surface area contributed by atoms with Gasteiger partial charge in [-0.1, -0.05) is 33.6 Å². The van der Waals surface area contributed by atoms with E-state index in [2.05, 4.69) is 38.0 Å². The highest BCUT2D eigenvalue weighted by Gasteiger charge is 2.39. The second kappa shape index (κ2) is 7.46. The lowest BCUT2D eigenvalue weighted by molar-refractivity contribution is 0.0718. The van der Waals surface area contributed by atoms with Gasteiger partial charge in [-0.3, -0.25) is 16.2 Å². The third-order valence-corrected chi connectivity index (χ3v) is 5.22. The Kier molecular flexibility index (Phi) is 6.61. The highest BCUT2D eigenvalue weighted by atomic mass is 15.3. The molecule has 1 aliphatic rings. The number of hydrazine groups is 1. The van der Waals surface area contributed by atoms with Crippen molar-refractivity contribution in [3.05, 3.63) is 0 Å². The van der Waals surface area contributed by atoms with Crippen molar-refractivity contribution >= 4 is 0 Å². The Balaban J connectivity index is 2.74. The van der Waals surface area contributed by atoms with Gasteiger partial charge in [0.15, 0.2) is 0 Å². The molecule has 1 aliphatic heterocycles. The minimum Gasteiger partial charge on any atom is -0.296 e. The lowest BCUT2D eigenvalue weighted by Gasteiger charge is -2.45. The van der Waals surface area contributed by atoms with Crippen LogP contribution in [0.2, 0.25) is 0 Å². The Morgan fingerprint density at radius 2 is 1.72 bits per heavy atom. The van der Waals surface area contributed by atoms with E-state index in [-0.39, 0.29) is 5.54 Å². The summed E-state index contributed by atoms with van der Waals surface area (Å²) in [5.41, 5.74) is 3.34. The maximum atomic E-state index is 5.88. The van der Waals surface area contributed by atoms with Crippen molar-refractivity contribution in [2.45, 2.75) is 77.8 Å². The lowest BCUT2D eigenvalue weighted by atomic mass is 9.81. The summed E-state index contributed by atoms with van der Waals surface area (Å²) in [6, 6.07) is 0.408. The molecule has 3 heteroatoms. The molecule has 3 N–H and O–H groups in total. The van der Waals surface area contributed by atoms with Crippen molar-refractivity contribution < 1.29 is 0 Å². The standard InChI is InChI=1S/C15H33N3/c1-5-13(6-2)12-14(17-16)15(4,7-3)18-10-8-9-11-18/h13-14,17H,5-12,16H2,1-4H3. The topological polar surface area (TPSA) is 41.3 Å². The molecule has 0 amide bonds. The van der Waals surface area contributed by atoms with E-state index in [0.717, 1.165) is 5.92 Å². The SMILES string of the molecule is CCC(CC)CC(NN)C(C)(CC)N1CCCC1. The zero-order valence-corrected chi connectivity index (χ0v) is 12.8. The molecule has 1 fully saturated rings. The summed E-state index contributed by atoms with van der Waals surface area (Å²) in [5, 5.41) is 0. The number of nitrogens with zero attached hydrogens (tertiary/aromatic N) is 1. The second-order valence-corrected chi connectivity index (χ2v) is 6.04. The fraction of sp³-hybridized carbons (Fsp3) is 1.00. The first-order chi connectivity index (χ1) is 8.62. The zero-order valence-electron chi connectivity index (χ0n) is 12.8. The minimum absolute atomic E-state index is 0.216. The molecule has 2 unspecified atom stereocenters. The highest BCUT2D eigenvalue weighted by molar-refractivity contribution is 4.97. The summed E-state index contributed by atoms with van der Waals surface area (Å²) in [6.07, 6.45) is 7.57. The fourth-order valence-corrected chi connectivity index (χ4v) is 3.38. The van der Waals surface area contributed by atoms with E-state index in [9.17, 15) is 0 Å². The Morgan fingerprint density at radius 1 is 1.17 bits per heavy atom. The molecule has 0 aromatic heterocycles. The number of likely N-dealkylation sites (tertiary alicyclic amines) is 1. The van der Waals surface area contributed by atoms with Gasteiger partial charge in [0, 0.05) is 11.6 Å². The lowest BCUT2D eigenvalue weighted by Crippen LogP contribution is -2.60. The van der Waals surface area contributed by atoms with Gasteiger partial charge >= 0.3 is 0 Å². The van der Waals surface area contributed by atoms with Gasteiger partial charge in [-0.05, 0) is 51.6 Å². The van der Waals surface area contributed by atoms with Gasteiger partial charge < -0.3 is 0 Å². The van der Waals surface area contributed by atoms with Crippen LogP contribution in [-0.2, 0) is 0 Å². The maximum absolute atomic E-state index is 5.88. The van der Waals surface area contributed by atoms with Crippen LogP contribution >= 0.6 is 0 Å². The number of nitrogens with two attached hydrogens (primary N) is 1. The molecule has 108 valence electrons. The molecule has 0 saturated carbocycles. The van der Waals surface area contributed by atoms with Crippen LogP contribution in [0.5, 0.6) is 0 Å². The third kappa shape index (κ3) is 3.46. The Hall–Kier alpha value is -0.120. The predicted octanol–water partition coefficient (Wildman–Crippen LogP) is 2.91. The molecule has 3 nitrogen and oxygen atoms in total. The van der Waals surface area contributed by atoms with Crippen LogP contribution in [0.15, 0.2) is 0 Å². The predicted molar refractivity (Wildman–Crippen MR) is 79.3 cm³/mol. The van der Waals surface area contributed by atoms with Gasteiger partial charge in [0.2, 0.25) is 0 Å². The van der Waals surface area contributed by atoms with Crippen molar-refractivity contribution in [1.82, 2.24) is 10.3 Å². The van der Waals surface area contributed by atoms with Crippen LogP contribution < -0.4 is 11.3 Å². The second-order valence-electron chi connectivity index (χ2n) is 6.04. The third-order valence-electron chi connectivity index (χ3n) is 5.22. The van der Waals surface area contributed by atoms with Crippen LogP contribution in [0, 0.1) is 5.92 Å². The van der Waals surface area contributed by atoms with Gasteiger partial charge in [-0.15, -0.1) is 0 Å². The summed E-state index contributed by atoms with van der Waals surface area (Å²) in [5.74, 6) is 6.67. The average Bonchev–Trinajstić information content (AvgIpc) is 2.94. The molecule has 0 bridgehead atoms. The van der Waals surface area contributed by atoms with E-state index < -0.39 is 0 Å². The van der Waals surface area contributed by atoms with Gasteiger partial charge in [0.1, 0.15) is 0 Å². The van der Waals surface area contributed by atoms with Gasteiger partial charge in [0.25, 0.3) is 0 Å². The minimum atomic E-state index is 0.216. The van der Waals surface area contributed by atoms with E-state index in [1.807, 2.05) is 0 Å². The normalized spacial score (nSPS) is 22.3. The fourth-order valence-electron chi connectivity index (χ4n) is 3.38. The molecule has 0 aromatic carbocycles. The van der Waals surface area contributed by atoms with Crippen LogP contribution in [0.3, 0.4) is 0 Å². The van der Waals surface area contributed by atoms with Crippen molar-refractivity contribution in [1.29, 1.82) is 0 Å². The molecule has 0 radical (unpaired) electrons. The van der Waals surface area contributed by atoms with Crippen LogP contribution in [0.1, 0.15) is 66.2 Å². The van der Waals surface area contributed by atoms with Crippen molar-refractivity contribution in [3.63, 3.8) is 0 Å². The number of hydrogen-bond donors (Lipinski definition) is 2. The molecule has 1 heterocycles. The first kappa shape index (κ1) is 15.9. The van der Waals surface area contributed by atoms with Crippen molar-refractivity contribution in [3.8, 4) is 0 Å². The van der Waals surface area contributed by atoms with Crippen molar-refractivity contribution in [2.24, 2.45) is 11.8 Å². The summed E-state index contributed by atoms with van der Waals surface area (Å²) in [7, 11) is 0. The number of rotatable bonds is 8. The first-order valence-electron chi connectivity index (χ1n) is 7.83. The Morgan fingerprint density at radius 3 is 2.11 bits per heavy atom. The molecule has 1 rings (SSSR count). The van der Waals surface area contributed by atoms with E-state index in [0.29, 0.717) is 6.04 Å². The van der Waals surface area contributed by atoms with Gasteiger partial charge in [0.05, 0.1) is 0 Å². The van der Waals surface area contributed by atoms with E-state index in [1.54, 1.807) is 0 Å². The largest absolute Gasteiger partial charge is 0.296 e. The Bertz CT molecular complexity index is 222. The molecular formula is C15H33N3. The maximum Gasteiger partial charge on any atom is 0.0394 e. The average molecular weight is 255 g/mol. The van der Waals surface area contributed by atoms with Gasteiger partial charge in [-0.25, -0.2) is 0 Å². The van der Waals surface area contributed by atoms with Crippen LogP contribution in [-0.4, -0.2) is 29.6 Å². The summed E-state index contributed by atoms with van der Waals surface area (Å²) < 4.78 is 0. The molecular weight excluding hydrogens is 222 g/mol. The smallest absolute Gasteiger partial charge is 0.0394 e. The summed E-state index contributed by atoms with van der Waals surface area (Å²) >= 11 is 0. The number of hydrogen-bond acceptors (Lipinski definition) is 3. The molecule has 0 spiro atoms. The monoisotopic (exact) mass is 255 g/mol. The number of nitrogens with one attached hydrogen (secondary N) is 1. The molecule has 1 saturated heterocycles. The molecule has 2 atom stereocenters. The van der Waals surface area contributed by atoms with Crippen LogP contribution in [0.4, 0.5) is 0 Å².